The Labute approximate surface area is 200 Å². The highest BCUT2D eigenvalue weighted by Crippen LogP contribution is 2.27. The molecule has 0 aliphatic carbocycles. The Balaban J connectivity index is 2.07. The summed E-state index contributed by atoms with van der Waals surface area (Å²) < 4.78 is 40.1. The highest BCUT2D eigenvalue weighted by atomic mass is 32.2. The highest BCUT2D eigenvalue weighted by Gasteiger charge is 2.23. The SMILES string of the molecule is CCNc1ccc(S(=O)(=O)N(CC)CC)cc1NCC(=O)N(C)CC(=O)Nc1ccc(F)cc1. The molecule has 2 amide bonds. The number of nitrogens with one attached hydrogen (secondary N) is 3. The summed E-state index contributed by atoms with van der Waals surface area (Å²) in [6.07, 6.45) is 0. The number of anilines is 3. The fourth-order valence-corrected chi connectivity index (χ4v) is 4.72. The number of carbonyl (C=O) groups excluding carboxylic acids is 2. The third-order valence-corrected chi connectivity index (χ3v) is 7.11. The number of benzene rings is 2. The molecule has 0 aliphatic heterocycles. The van der Waals surface area contributed by atoms with Crippen LogP contribution in [0.4, 0.5) is 21.5 Å². The van der Waals surface area contributed by atoms with Gasteiger partial charge in [-0.2, -0.15) is 4.31 Å². The van der Waals surface area contributed by atoms with Gasteiger partial charge in [-0.25, -0.2) is 12.8 Å². The molecular weight excluding hydrogens is 461 g/mol. The summed E-state index contributed by atoms with van der Waals surface area (Å²) in [6.45, 7) is 6.40. The standard InChI is InChI=1S/C23H32FN5O4S/c1-5-25-20-13-12-19(34(32,33)29(6-2)7-3)14-21(20)26-15-23(31)28(4)16-22(30)27-18-10-8-17(24)9-11-18/h8-14,25-26H,5-7,15-16H2,1-4H3,(H,27,30). The number of sulfonamides is 1. The van der Waals surface area contributed by atoms with Gasteiger partial charge in [0.2, 0.25) is 21.8 Å². The molecule has 0 bridgehead atoms. The molecule has 34 heavy (non-hydrogen) atoms. The van der Waals surface area contributed by atoms with E-state index in [1.165, 1.54) is 52.7 Å². The van der Waals surface area contributed by atoms with Crippen molar-refractivity contribution in [1.82, 2.24) is 9.21 Å². The topological polar surface area (TPSA) is 111 Å². The van der Waals surface area contributed by atoms with E-state index in [4.69, 9.17) is 0 Å². The van der Waals surface area contributed by atoms with Gasteiger partial charge < -0.3 is 20.9 Å². The summed E-state index contributed by atoms with van der Waals surface area (Å²) in [7, 11) is -2.18. The molecule has 0 saturated carbocycles. The van der Waals surface area contributed by atoms with Crippen LogP contribution in [-0.4, -0.2) is 69.2 Å². The number of halogens is 1. The van der Waals surface area contributed by atoms with Crippen LogP contribution < -0.4 is 16.0 Å². The highest BCUT2D eigenvalue weighted by molar-refractivity contribution is 7.89. The lowest BCUT2D eigenvalue weighted by Crippen LogP contribution is -2.38. The van der Waals surface area contributed by atoms with Crippen LogP contribution in [0.15, 0.2) is 47.4 Å². The number of likely N-dealkylation sites (N-methyl/N-ethyl adjacent to an activating group) is 1. The minimum Gasteiger partial charge on any atom is -0.384 e. The summed E-state index contributed by atoms with van der Waals surface area (Å²) in [5.74, 6) is -1.21. The molecule has 2 rings (SSSR count). The first-order chi connectivity index (χ1) is 16.1. The van der Waals surface area contributed by atoms with Crippen LogP contribution >= 0.6 is 0 Å². The van der Waals surface area contributed by atoms with Crippen molar-refractivity contribution >= 4 is 38.9 Å². The zero-order valence-electron chi connectivity index (χ0n) is 19.9. The van der Waals surface area contributed by atoms with Gasteiger partial charge in [-0.05, 0) is 49.4 Å². The van der Waals surface area contributed by atoms with Gasteiger partial charge in [0.15, 0.2) is 0 Å². The van der Waals surface area contributed by atoms with Crippen LogP contribution in [0.2, 0.25) is 0 Å². The van der Waals surface area contributed by atoms with Crippen molar-refractivity contribution in [2.45, 2.75) is 25.7 Å². The Morgan fingerprint density at radius 3 is 2.18 bits per heavy atom. The third-order valence-electron chi connectivity index (χ3n) is 5.07. The first-order valence-electron chi connectivity index (χ1n) is 11.0. The number of rotatable bonds is 12. The average Bonchev–Trinajstić information content (AvgIpc) is 2.80. The van der Waals surface area contributed by atoms with E-state index in [-0.39, 0.29) is 23.9 Å². The van der Waals surface area contributed by atoms with Crippen molar-refractivity contribution in [3.8, 4) is 0 Å². The van der Waals surface area contributed by atoms with Crippen molar-refractivity contribution in [2.75, 3.05) is 55.7 Å². The van der Waals surface area contributed by atoms with Crippen LogP contribution in [0, 0.1) is 5.82 Å². The Kier molecular flexibility index (Phi) is 9.82. The molecule has 0 saturated heterocycles. The third kappa shape index (κ3) is 7.16. The second kappa shape index (κ2) is 12.3. The van der Waals surface area contributed by atoms with Crippen molar-refractivity contribution in [1.29, 1.82) is 0 Å². The van der Waals surface area contributed by atoms with Gasteiger partial charge in [-0.3, -0.25) is 9.59 Å². The Bertz CT molecular complexity index is 1090. The van der Waals surface area contributed by atoms with Gasteiger partial charge in [0.05, 0.1) is 29.4 Å². The van der Waals surface area contributed by atoms with Gasteiger partial charge in [0.1, 0.15) is 5.82 Å². The lowest BCUT2D eigenvalue weighted by Gasteiger charge is -2.21. The summed E-state index contributed by atoms with van der Waals surface area (Å²) >= 11 is 0. The van der Waals surface area contributed by atoms with E-state index in [1.54, 1.807) is 19.9 Å². The lowest BCUT2D eigenvalue weighted by molar-refractivity contribution is -0.131. The van der Waals surface area contributed by atoms with E-state index in [9.17, 15) is 22.4 Å². The minimum atomic E-state index is -3.66. The molecule has 0 aromatic heterocycles. The maximum atomic E-state index is 13.0. The molecule has 0 atom stereocenters. The second-order valence-electron chi connectivity index (χ2n) is 7.49. The van der Waals surface area contributed by atoms with E-state index in [0.717, 1.165) is 0 Å². The Hall–Kier alpha value is -3.18. The van der Waals surface area contributed by atoms with E-state index in [0.29, 0.717) is 36.7 Å². The summed E-state index contributed by atoms with van der Waals surface area (Å²) in [4.78, 5) is 26.2. The molecule has 0 radical (unpaired) electrons. The molecule has 0 aliphatic rings. The van der Waals surface area contributed by atoms with Crippen LogP contribution in [-0.2, 0) is 19.6 Å². The Morgan fingerprint density at radius 1 is 0.941 bits per heavy atom. The van der Waals surface area contributed by atoms with Crippen LogP contribution in [0.5, 0.6) is 0 Å². The van der Waals surface area contributed by atoms with Gasteiger partial charge in [-0.1, -0.05) is 13.8 Å². The van der Waals surface area contributed by atoms with Gasteiger partial charge in [-0.15, -0.1) is 0 Å². The fraction of sp³-hybridized carbons (Fsp3) is 0.391. The number of nitrogens with zero attached hydrogens (tertiary/aromatic N) is 2. The van der Waals surface area contributed by atoms with E-state index >= 15 is 0 Å². The number of hydrogen-bond donors (Lipinski definition) is 3. The van der Waals surface area contributed by atoms with Crippen molar-refractivity contribution < 1.29 is 22.4 Å². The van der Waals surface area contributed by atoms with Gasteiger partial charge in [0, 0.05) is 32.4 Å². The maximum absolute atomic E-state index is 13.0. The molecule has 0 spiro atoms. The average molecular weight is 494 g/mol. The van der Waals surface area contributed by atoms with Crippen LogP contribution in [0.25, 0.3) is 0 Å². The predicted molar refractivity (Wildman–Crippen MR) is 132 cm³/mol. The fourth-order valence-electron chi connectivity index (χ4n) is 3.23. The maximum Gasteiger partial charge on any atom is 0.243 e. The second-order valence-corrected chi connectivity index (χ2v) is 9.42. The quantitative estimate of drug-likeness (QED) is 0.419. The largest absolute Gasteiger partial charge is 0.384 e. The first kappa shape index (κ1) is 27.1. The number of carbonyl (C=O) groups is 2. The zero-order valence-corrected chi connectivity index (χ0v) is 20.7. The van der Waals surface area contributed by atoms with Gasteiger partial charge in [0.25, 0.3) is 0 Å². The van der Waals surface area contributed by atoms with Crippen molar-refractivity contribution in [3.05, 3.63) is 48.3 Å². The van der Waals surface area contributed by atoms with E-state index in [1.807, 2.05) is 6.92 Å². The molecular formula is C23H32FN5O4S. The molecule has 9 nitrogen and oxygen atoms in total. The smallest absolute Gasteiger partial charge is 0.243 e. The zero-order chi connectivity index (χ0) is 25.3. The first-order valence-corrected chi connectivity index (χ1v) is 12.5. The minimum absolute atomic E-state index is 0.125. The van der Waals surface area contributed by atoms with Gasteiger partial charge >= 0.3 is 0 Å². The van der Waals surface area contributed by atoms with E-state index < -0.39 is 21.7 Å². The predicted octanol–water partition coefficient (Wildman–Crippen LogP) is 2.80. The normalized spacial score (nSPS) is 11.2. The van der Waals surface area contributed by atoms with Crippen molar-refractivity contribution in [2.24, 2.45) is 0 Å². The van der Waals surface area contributed by atoms with E-state index in [2.05, 4.69) is 16.0 Å². The monoisotopic (exact) mass is 493 g/mol. The molecule has 3 N–H and O–H groups in total. The summed E-state index contributed by atoms with van der Waals surface area (Å²) in [5, 5.41) is 8.73. The Morgan fingerprint density at radius 2 is 1.59 bits per heavy atom. The molecule has 0 heterocycles. The molecule has 2 aromatic carbocycles. The lowest BCUT2D eigenvalue weighted by atomic mass is 10.2. The molecule has 2 aromatic rings. The number of amides is 2. The molecule has 186 valence electrons. The summed E-state index contributed by atoms with van der Waals surface area (Å²) in [6, 6.07) is 10.0. The van der Waals surface area contributed by atoms with Crippen LogP contribution in [0.3, 0.4) is 0 Å². The molecule has 11 heteroatoms. The molecule has 0 unspecified atom stereocenters. The van der Waals surface area contributed by atoms with Crippen molar-refractivity contribution in [3.63, 3.8) is 0 Å². The summed E-state index contributed by atoms with van der Waals surface area (Å²) in [5.41, 5.74) is 1.55. The van der Waals surface area contributed by atoms with Crippen LogP contribution in [0.1, 0.15) is 20.8 Å². The molecule has 0 fully saturated rings. The number of hydrogen-bond acceptors (Lipinski definition) is 6.